The van der Waals surface area contributed by atoms with Crippen molar-refractivity contribution < 1.29 is 14.3 Å². The highest BCUT2D eigenvalue weighted by atomic mass is 16.5. The standard InChI is InChI=1S/C14H18N2O3/c17-13(15-16-9-4-7-14(16)18)11-19-10-8-12-5-2-1-3-6-12/h1-3,5-6H,4,7-11H2,(H,15,17). The van der Waals surface area contributed by atoms with Gasteiger partial charge < -0.3 is 4.74 Å². The molecule has 0 atom stereocenters. The average Bonchev–Trinajstić information content (AvgIpc) is 2.82. The van der Waals surface area contributed by atoms with Crippen LogP contribution in [-0.4, -0.2) is 36.6 Å². The molecule has 0 aromatic heterocycles. The summed E-state index contributed by atoms with van der Waals surface area (Å²) in [6.45, 7) is 1.07. The van der Waals surface area contributed by atoms with Crippen molar-refractivity contribution in [3.63, 3.8) is 0 Å². The zero-order valence-electron chi connectivity index (χ0n) is 10.8. The lowest BCUT2D eigenvalue weighted by molar-refractivity contribution is -0.140. The van der Waals surface area contributed by atoms with Crippen LogP contribution in [0.4, 0.5) is 0 Å². The second kappa shape index (κ2) is 6.89. The first-order chi connectivity index (χ1) is 9.25. The minimum Gasteiger partial charge on any atom is -0.371 e. The first-order valence-electron chi connectivity index (χ1n) is 6.47. The maximum atomic E-state index is 11.5. The Morgan fingerprint density at radius 1 is 1.32 bits per heavy atom. The van der Waals surface area contributed by atoms with Gasteiger partial charge in [0.1, 0.15) is 6.61 Å². The number of ether oxygens (including phenoxy) is 1. The summed E-state index contributed by atoms with van der Waals surface area (Å²) in [7, 11) is 0. The third-order valence-electron chi connectivity index (χ3n) is 2.94. The molecule has 0 bridgehead atoms. The Balaban J connectivity index is 1.60. The van der Waals surface area contributed by atoms with Gasteiger partial charge in [-0.2, -0.15) is 0 Å². The summed E-state index contributed by atoms with van der Waals surface area (Å²) in [5.41, 5.74) is 3.73. The van der Waals surface area contributed by atoms with Crippen LogP contribution in [0.1, 0.15) is 18.4 Å². The number of amides is 2. The molecule has 1 saturated heterocycles. The maximum absolute atomic E-state index is 11.5. The van der Waals surface area contributed by atoms with Crippen molar-refractivity contribution in [3.8, 4) is 0 Å². The monoisotopic (exact) mass is 262 g/mol. The Labute approximate surface area is 112 Å². The molecular formula is C14H18N2O3. The molecule has 1 heterocycles. The molecule has 1 aromatic rings. The molecule has 19 heavy (non-hydrogen) atoms. The fourth-order valence-electron chi connectivity index (χ4n) is 1.95. The van der Waals surface area contributed by atoms with Crippen LogP contribution in [-0.2, 0) is 20.7 Å². The van der Waals surface area contributed by atoms with Gasteiger partial charge in [0.2, 0.25) is 5.91 Å². The number of carbonyl (C=O) groups is 2. The lowest BCUT2D eigenvalue weighted by Crippen LogP contribution is -2.44. The van der Waals surface area contributed by atoms with Gasteiger partial charge in [0, 0.05) is 13.0 Å². The van der Waals surface area contributed by atoms with Gasteiger partial charge in [0.05, 0.1) is 6.61 Å². The van der Waals surface area contributed by atoms with Gasteiger partial charge in [-0.15, -0.1) is 0 Å². The predicted molar refractivity (Wildman–Crippen MR) is 70.1 cm³/mol. The Bertz CT molecular complexity index is 434. The molecule has 5 heteroatoms. The average molecular weight is 262 g/mol. The smallest absolute Gasteiger partial charge is 0.264 e. The highest BCUT2D eigenvalue weighted by Gasteiger charge is 2.21. The number of hydrogen-bond acceptors (Lipinski definition) is 3. The summed E-state index contributed by atoms with van der Waals surface area (Å²) in [5, 5.41) is 1.36. The molecule has 0 radical (unpaired) electrons. The van der Waals surface area contributed by atoms with E-state index in [2.05, 4.69) is 5.43 Å². The van der Waals surface area contributed by atoms with Crippen LogP contribution in [0.25, 0.3) is 0 Å². The molecule has 1 fully saturated rings. The summed E-state index contributed by atoms with van der Waals surface area (Å²) in [6.07, 6.45) is 2.08. The number of nitrogens with one attached hydrogen (secondary N) is 1. The summed E-state index contributed by atoms with van der Waals surface area (Å²) in [5.74, 6) is -0.305. The first-order valence-corrected chi connectivity index (χ1v) is 6.47. The van der Waals surface area contributed by atoms with Crippen molar-refractivity contribution in [1.82, 2.24) is 10.4 Å². The highest BCUT2D eigenvalue weighted by molar-refractivity contribution is 5.83. The summed E-state index contributed by atoms with van der Waals surface area (Å²) >= 11 is 0. The zero-order valence-corrected chi connectivity index (χ0v) is 10.8. The second-order valence-corrected chi connectivity index (χ2v) is 4.47. The van der Waals surface area contributed by atoms with Crippen LogP contribution in [0.3, 0.4) is 0 Å². The highest BCUT2D eigenvalue weighted by Crippen LogP contribution is 2.05. The van der Waals surface area contributed by atoms with Crippen LogP contribution < -0.4 is 5.43 Å². The molecule has 2 rings (SSSR count). The Morgan fingerprint density at radius 3 is 2.79 bits per heavy atom. The molecule has 1 aromatic carbocycles. The summed E-state index contributed by atoms with van der Waals surface area (Å²) < 4.78 is 5.29. The predicted octanol–water partition coefficient (Wildman–Crippen LogP) is 0.899. The van der Waals surface area contributed by atoms with Crippen LogP contribution >= 0.6 is 0 Å². The van der Waals surface area contributed by atoms with Crippen LogP contribution in [0.5, 0.6) is 0 Å². The number of hydrazine groups is 1. The van der Waals surface area contributed by atoms with Gasteiger partial charge in [-0.1, -0.05) is 30.3 Å². The van der Waals surface area contributed by atoms with Gasteiger partial charge in [-0.25, -0.2) is 0 Å². The largest absolute Gasteiger partial charge is 0.371 e. The Morgan fingerprint density at radius 2 is 2.11 bits per heavy atom. The number of rotatable bonds is 6. The number of nitrogens with zero attached hydrogens (tertiary/aromatic N) is 1. The molecule has 2 amide bonds. The second-order valence-electron chi connectivity index (χ2n) is 4.47. The van der Waals surface area contributed by atoms with E-state index in [-0.39, 0.29) is 18.4 Å². The molecule has 0 aliphatic carbocycles. The molecule has 0 unspecified atom stereocenters. The third-order valence-corrected chi connectivity index (χ3v) is 2.94. The number of hydrogen-bond donors (Lipinski definition) is 1. The van der Waals surface area contributed by atoms with Crippen molar-refractivity contribution >= 4 is 11.8 Å². The maximum Gasteiger partial charge on any atom is 0.264 e. The normalized spacial score (nSPS) is 14.7. The minimum atomic E-state index is -0.275. The number of carbonyl (C=O) groups excluding carboxylic acids is 2. The lowest BCUT2D eigenvalue weighted by atomic mass is 10.2. The van der Waals surface area contributed by atoms with E-state index in [9.17, 15) is 9.59 Å². The van der Waals surface area contributed by atoms with E-state index in [1.165, 1.54) is 10.6 Å². The van der Waals surface area contributed by atoms with Crippen LogP contribution in [0.2, 0.25) is 0 Å². The molecule has 1 aliphatic rings. The quantitative estimate of drug-likeness (QED) is 0.775. The molecule has 5 nitrogen and oxygen atoms in total. The molecule has 0 spiro atoms. The van der Waals surface area contributed by atoms with Crippen molar-refractivity contribution in [3.05, 3.63) is 35.9 Å². The fraction of sp³-hybridized carbons (Fsp3) is 0.429. The molecule has 102 valence electrons. The zero-order chi connectivity index (χ0) is 13.5. The first kappa shape index (κ1) is 13.5. The van der Waals surface area contributed by atoms with Crippen molar-refractivity contribution in [2.24, 2.45) is 0 Å². The van der Waals surface area contributed by atoms with E-state index in [0.717, 1.165) is 12.8 Å². The minimum absolute atomic E-state index is 0.0172. The van der Waals surface area contributed by atoms with E-state index in [0.29, 0.717) is 19.6 Å². The topological polar surface area (TPSA) is 58.6 Å². The van der Waals surface area contributed by atoms with Crippen molar-refractivity contribution in [1.29, 1.82) is 0 Å². The molecule has 0 saturated carbocycles. The fourth-order valence-corrected chi connectivity index (χ4v) is 1.95. The van der Waals surface area contributed by atoms with Crippen molar-refractivity contribution in [2.45, 2.75) is 19.3 Å². The number of benzene rings is 1. The van der Waals surface area contributed by atoms with Gasteiger partial charge >= 0.3 is 0 Å². The lowest BCUT2D eigenvalue weighted by Gasteiger charge is -2.16. The summed E-state index contributed by atoms with van der Waals surface area (Å²) in [4.78, 5) is 22.8. The van der Waals surface area contributed by atoms with E-state index in [4.69, 9.17) is 4.74 Å². The third kappa shape index (κ3) is 4.37. The van der Waals surface area contributed by atoms with Crippen molar-refractivity contribution in [2.75, 3.05) is 19.8 Å². The van der Waals surface area contributed by atoms with E-state index in [1.807, 2.05) is 30.3 Å². The Kier molecular flexibility index (Phi) is 4.92. The van der Waals surface area contributed by atoms with Gasteiger partial charge in [0.25, 0.3) is 5.91 Å². The van der Waals surface area contributed by atoms with E-state index in [1.54, 1.807) is 0 Å². The van der Waals surface area contributed by atoms with Crippen LogP contribution in [0.15, 0.2) is 30.3 Å². The molecule has 1 N–H and O–H groups in total. The van der Waals surface area contributed by atoms with Crippen LogP contribution in [0, 0.1) is 0 Å². The van der Waals surface area contributed by atoms with E-state index >= 15 is 0 Å². The molecule has 1 aliphatic heterocycles. The SMILES string of the molecule is O=C(COCCc1ccccc1)NN1CCCC1=O. The Hall–Kier alpha value is -1.88. The van der Waals surface area contributed by atoms with Gasteiger partial charge in [0.15, 0.2) is 0 Å². The van der Waals surface area contributed by atoms with Gasteiger partial charge in [-0.3, -0.25) is 20.0 Å². The summed E-state index contributed by atoms with van der Waals surface area (Å²) in [6, 6.07) is 9.95. The molecular weight excluding hydrogens is 244 g/mol. The van der Waals surface area contributed by atoms with E-state index < -0.39 is 0 Å². The van der Waals surface area contributed by atoms with Gasteiger partial charge in [-0.05, 0) is 18.4 Å².